The minimum atomic E-state index is -0.396. The zero-order valence-electron chi connectivity index (χ0n) is 16.2. The predicted octanol–water partition coefficient (Wildman–Crippen LogP) is 2.27. The van der Waals surface area contributed by atoms with Crippen molar-refractivity contribution in [3.8, 4) is 0 Å². The first-order valence-corrected chi connectivity index (χ1v) is 10.5. The van der Waals surface area contributed by atoms with Crippen molar-refractivity contribution in [2.24, 2.45) is 7.05 Å². The Balaban J connectivity index is 1.43. The van der Waals surface area contributed by atoms with Crippen LogP contribution in [-0.2, 0) is 31.1 Å². The van der Waals surface area contributed by atoms with Crippen LogP contribution in [0.4, 0.5) is 0 Å². The third-order valence-electron chi connectivity index (χ3n) is 5.15. The minimum Gasteiger partial charge on any atom is -0.273 e. The van der Waals surface area contributed by atoms with Gasteiger partial charge in [0.15, 0.2) is 0 Å². The highest BCUT2D eigenvalue weighted by molar-refractivity contribution is 7.14. The molecule has 150 valence electrons. The van der Waals surface area contributed by atoms with E-state index in [0.717, 1.165) is 25.7 Å². The highest BCUT2D eigenvalue weighted by atomic mass is 32.1. The van der Waals surface area contributed by atoms with Gasteiger partial charge in [-0.1, -0.05) is 24.6 Å². The van der Waals surface area contributed by atoms with Gasteiger partial charge in [-0.25, -0.2) is 4.68 Å². The number of hydrazine groups is 1. The number of hydrogen-bond donors (Lipinski definition) is 2. The van der Waals surface area contributed by atoms with Gasteiger partial charge in [0.2, 0.25) is 5.91 Å². The van der Waals surface area contributed by atoms with Crippen molar-refractivity contribution in [1.29, 1.82) is 0 Å². The van der Waals surface area contributed by atoms with E-state index in [1.807, 2.05) is 6.07 Å². The summed E-state index contributed by atoms with van der Waals surface area (Å²) in [7, 11) is 1.55. The maximum absolute atomic E-state index is 12.4. The number of rotatable bonds is 3. The molecular formula is C21H22N4O3S. The highest BCUT2D eigenvalue weighted by Gasteiger charge is 2.17. The second kappa shape index (κ2) is 8.16. The van der Waals surface area contributed by atoms with Gasteiger partial charge in [-0.15, -0.1) is 11.3 Å². The van der Waals surface area contributed by atoms with Crippen molar-refractivity contribution in [2.45, 2.75) is 38.5 Å². The maximum Gasteiger partial charge on any atom is 0.279 e. The number of nitrogens with one attached hydrogen (secondary N) is 2. The van der Waals surface area contributed by atoms with E-state index >= 15 is 0 Å². The van der Waals surface area contributed by atoms with E-state index in [9.17, 15) is 14.4 Å². The van der Waals surface area contributed by atoms with E-state index in [2.05, 4.69) is 16.0 Å². The largest absolute Gasteiger partial charge is 0.279 e. The number of carbonyl (C=O) groups is 2. The van der Waals surface area contributed by atoms with Gasteiger partial charge in [-0.3, -0.25) is 25.2 Å². The lowest BCUT2D eigenvalue weighted by atomic mass is 10.1. The molecule has 1 aliphatic carbocycles. The second-order valence-electron chi connectivity index (χ2n) is 7.22. The number of carbonyl (C=O) groups excluding carboxylic acids is 2. The summed E-state index contributed by atoms with van der Waals surface area (Å²) in [4.78, 5) is 38.9. The molecule has 2 aromatic heterocycles. The fraction of sp³-hybridized carbons (Fsp3) is 0.333. The zero-order valence-corrected chi connectivity index (χ0v) is 17.0. The number of hydrogen-bond acceptors (Lipinski definition) is 5. The smallest absolute Gasteiger partial charge is 0.273 e. The average molecular weight is 410 g/mol. The maximum atomic E-state index is 12.4. The molecule has 0 atom stereocenters. The summed E-state index contributed by atoms with van der Waals surface area (Å²) in [6, 6.07) is 8.99. The number of aromatic nitrogens is 2. The summed E-state index contributed by atoms with van der Waals surface area (Å²) >= 11 is 1.50. The van der Waals surface area contributed by atoms with Crippen LogP contribution >= 0.6 is 11.3 Å². The van der Waals surface area contributed by atoms with E-state index in [4.69, 9.17) is 0 Å². The average Bonchev–Trinajstić information content (AvgIpc) is 3.00. The molecule has 2 heterocycles. The molecule has 1 aliphatic rings. The molecule has 0 radical (unpaired) electrons. The number of aryl methyl sites for hydroxylation is 3. The van der Waals surface area contributed by atoms with Gasteiger partial charge < -0.3 is 0 Å². The summed E-state index contributed by atoms with van der Waals surface area (Å²) in [6.45, 7) is 0. The molecule has 0 spiro atoms. The van der Waals surface area contributed by atoms with Crippen LogP contribution in [0.15, 0.2) is 35.1 Å². The van der Waals surface area contributed by atoms with Gasteiger partial charge in [0, 0.05) is 17.3 Å². The van der Waals surface area contributed by atoms with Crippen molar-refractivity contribution < 1.29 is 9.59 Å². The molecule has 0 saturated heterocycles. The quantitative estimate of drug-likeness (QED) is 0.512. The summed E-state index contributed by atoms with van der Waals surface area (Å²) < 4.78 is 1.22. The molecule has 7 nitrogen and oxygen atoms in total. The molecule has 29 heavy (non-hydrogen) atoms. The van der Waals surface area contributed by atoms with Gasteiger partial charge in [0.25, 0.3) is 11.5 Å². The molecule has 0 bridgehead atoms. The lowest BCUT2D eigenvalue weighted by Crippen LogP contribution is -2.42. The van der Waals surface area contributed by atoms with Gasteiger partial charge in [-0.2, -0.15) is 5.10 Å². The van der Waals surface area contributed by atoms with Crippen LogP contribution in [0.25, 0.3) is 10.8 Å². The third-order valence-corrected chi connectivity index (χ3v) is 6.38. The highest BCUT2D eigenvalue weighted by Crippen LogP contribution is 2.28. The number of thiophene rings is 1. The van der Waals surface area contributed by atoms with E-state index in [1.54, 1.807) is 31.3 Å². The SMILES string of the molecule is Cn1nc(CC(=O)NNC(=O)c2cc3c(s2)CCCCC3)c2ccccc2c1=O. The Bertz CT molecular complexity index is 1130. The Morgan fingerprint density at radius 2 is 1.86 bits per heavy atom. The topological polar surface area (TPSA) is 93.1 Å². The lowest BCUT2D eigenvalue weighted by Gasteiger charge is -2.09. The first-order valence-electron chi connectivity index (χ1n) is 9.68. The monoisotopic (exact) mass is 410 g/mol. The Labute approximate surface area is 171 Å². The van der Waals surface area contributed by atoms with Gasteiger partial charge >= 0.3 is 0 Å². The molecule has 1 aromatic carbocycles. The Morgan fingerprint density at radius 1 is 1.10 bits per heavy atom. The molecule has 3 aromatic rings. The first kappa shape index (κ1) is 19.3. The number of amides is 2. The van der Waals surface area contributed by atoms with Crippen LogP contribution in [-0.4, -0.2) is 21.6 Å². The molecule has 0 aliphatic heterocycles. The van der Waals surface area contributed by atoms with Crippen LogP contribution in [0.3, 0.4) is 0 Å². The molecule has 0 unspecified atom stereocenters. The second-order valence-corrected chi connectivity index (χ2v) is 8.36. The zero-order chi connectivity index (χ0) is 20.4. The molecule has 2 amide bonds. The van der Waals surface area contributed by atoms with E-state index in [0.29, 0.717) is 21.3 Å². The van der Waals surface area contributed by atoms with Crippen LogP contribution in [0, 0.1) is 0 Å². The number of nitrogens with zero attached hydrogens (tertiary/aromatic N) is 2. The van der Waals surface area contributed by atoms with E-state index in [-0.39, 0.29) is 17.9 Å². The third kappa shape index (κ3) is 4.07. The van der Waals surface area contributed by atoms with Crippen molar-refractivity contribution in [1.82, 2.24) is 20.6 Å². The fourth-order valence-electron chi connectivity index (χ4n) is 3.67. The van der Waals surface area contributed by atoms with Crippen LogP contribution in [0.2, 0.25) is 0 Å². The van der Waals surface area contributed by atoms with Gasteiger partial charge in [-0.05, 0) is 43.4 Å². The predicted molar refractivity (Wildman–Crippen MR) is 112 cm³/mol. The lowest BCUT2D eigenvalue weighted by molar-refractivity contribution is -0.121. The van der Waals surface area contributed by atoms with E-state index < -0.39 is 5.91 Å². The standard InChI is InChI=1S/C21H22N4O3S/c1-25-21(28)15-9-6-5-8-14(15)16(24-25)12-19(26)22-23-20(27)18-11-13-7-3-2-4-10-17(13)29-18/h5-6,8-9,11H,2-4,7,10,12H2,1H3,(H,22,26)(H,23,27). The number of fused-ring (bicyclic) bond motifs is 2. The normalized spacial score (nSPS) is 13.6. The van der Waals surface area contributed by atoms with Gasteiger partial charge in [0.05, 0.1) is 22.4 Å². The molecule has 4 rings (SSSR count). The summed E-state index contributed by atoms with van der Waals surface area (Å²) in [5, 5.41) is 5.36. The fourth-order valence-corrected chi connectivity index (χ4v) is 4.82. The Kier molecular flexibility index (Phi) is 5.44. The van der Waals surface area contributed by atoms with Crippen molar-refractivity contribution in [3.63, 3.8) is 0 Å². The summed E-state index contributed by atoms with van der Waals surface area (Å²) in [5.74, 6) is -0.706. The summed E-state index contributed by atoms with van der Waals surface area (Å²) in [5.41, 5.74) is 6.48. The molecule has 0 fully saturated rings. The van der Waals surface area contributed by atoms with Crippen LogP contribution in [0.1, 0.15) is 45.1 Å². The van der Waals surface area contributed by atoms with Crippen molar-refractivity contribution >= 4 is 33.9 Å². The first-order chi connectivity index (χ1) is 14.0. The molecular weight excluding hydrogens is 388 g/mol. The van der Waals surface area contributed by atoms with Gasteiger partial charge in [0.1, 0.15) is 0 Å². The number of benzene rings is 1. The minimum absolute atomic E-state index is 0.0458. The summed E-state index contributed by atoms with van der Waals surface area (Å²) in [6.07, 6.45) is 5.53. The van der Waals surface area contributed by atoms with Crippen LogP contribution < -0.4 is 16.4 Å². The van der Waals surface area contributed by atoms with Crippen LogP contribution in [0.5, 0.6) is 0 Å². The van der Waals surface area contributed by atoms with Crippen molar-refractivity contribution in [3.05, 3.63) is 61.7 Å². The Hall–Kier alpha value is -3.00. The molecule has 0 saturated carbocycles. The molecule has 2 N–H and O–H groups in total. The Morgan fingerprint density at radius 3 is 2.69 bits per heavy atom. The van der Waals surface area contributed by atoms with E-state index in [1.165, 1.54) is 32.9 Å². The van der Waals surface area contributed by atoms with Crippen molar-refractivity contribution in [2.75, 3.05) is 0 Å². The molecule has 8 heteroatoms.